The molecular weight excluding hydrogens is 340 g/mol. The van der Waals surface area contributed by atoms with Crippen molar-refractivity contribution in [3.8, 4) is 11.5 Å². The van der Waals surface area contributed by atoms with E-state index in [1.807, 2.05) is 48.5 Å². The second-order valence-electron chi connectivity index (χ2n) is 4.79. The molecule has 0 aliphatic rings. The predicted molar refractivity (Wildman–Crippen MR) is 85.6 cm³/mol. The summed E-state index contributed by atoms with van der Waals surface area (Å²) in [6, 6.07) is 15.1. The van der Waals surface area contributed by atoms with Gasteiger partial charge in [0.15, 0.2) is 0 Å². The van der Waals surface area contributed by atoms with Crippen LogP contribution in [-0.2, 0) is 5.60 Å². The minimum atomic E-state index is -0.905. The molecule has 2 aromatic rings. The van der Waals surface area contributed by atoms with Crippen molar-refractivity contribution in [2.75, 3.05) is 5.88 Å². The van der Waals surface area contributed by atoms with Gasteiger partial charge >= 0.3 is 0 Å². The van der Waals surface area contributed by atoms with Crippen molar-refractivity contribution < 1.29 is 9.84 Å². The number of hydrogen-bond acceptors (Lipinski definition) is 2. The molecule has 0 heterocycles. The number of aliphatic hydroxyl groups is 1. The zero-order valence-electron chi connectivity index (χ0n) is 11.1. The quantitative estimate of drug-likeness (QED) is 0.758. The lowest BCUT2D eigenvalue weighted by Crippen LogP contribution is -2.21. The van der Waals surface area contributed by atoms with Gasteiger partial charge in [0.1, 0.15) is 11.5 Å². The third-order valence-electron chi connectivity index (χ3n) is 3.11. The van der Waals surface area contributed by atoms with Crippen molar-refractivity contribution in [3.63, 3.8) is 0 Å². The van der Waals surface area contributed by atoms with Gasteiger partial charge < -0.3 is 9.84 Å². The lowest BCUT2D eigenvalue weighted by Gasteiger charge is -2.22. The van der Waals surface area contributed by atoms with E-state index < -0.39 is 5.60 Å². The largest absolute Gasteiger partial charge is 0.457 e. The van der Waals surface area contributed by atoms with E-state index in [1.165, 1.54) is 0 Å². The number of ether oxygens (including phenoxy) is 1. The molecule has 0 spiro atoms. The van der Waals surface area contributed by atoms with Gasteiger partial charge in [0, 0.05) is 10.4 Å². The normalized spacial score (nSPS) is 13.8. The molecule has 1 unspecified atom stereocenters. The zero-order valence-corrected chi connectivity index (χ0v) is 13.5. The second kappa shape index (κ2) is 6.61. The van der Waals surface area contributed by atoms with E-state index in [9.17, 15) is 5.11 Å². The van der Waals surface area contributed by atoms with Gasteiger partial charge in [0.25, 0.3) is 0 Å². The molecule has 20 heavy (non-hydrogen) atoms. The van der Waals surface area contributed by atoms with Crippen molar-refractivity contribution in [2.24, 2.45) is 0 Å². The fraction of sp³-hybridized carbons (Fsp3) is 0.250. The van der Waals surface area contributed by atoms with Crippen molar-refractivity contribution >= 4 is 27.5 Å². The molecule has 1 atom stereocenters. The summed E-state index contributed by atoms with van der Waals surface area (Å²) in [5.41, 5.74) is -0.0703. The molecule has 1 N–H and O–H groups in total. The van der Waals surface area contributed by atoms with Crippen LogP contribution in [0.25, 0.3) is 0 Å². The summed E-state index contributed by atoms with van der Waals surface area (Å²) in [7, 11) is 0. The Hall–Kier alpha value is -1.03. The Morgan fingerprint density at radius 2 is 1.55 bits per heavy atom. The van der Waals surface area contributed by atoms with Gasteiger partial charge in [0.2, 0.25) is 0 Å². The fourth-order valence-corrected chi connectivity index (χ4v) is 2.48. The van der Waals surface area contributed by atoms with E-state index in [-0.39, 0.29) is 0 Å². The first-order chi connectivity index (χ1) is 9.51. The molecule has 0 fully saturated rings. The van der Waals surface area contributed by atoms with Gasteiger partial charge in [-0.3, -0.25) is 0 Å². The third kappa shape index (κ3) is 3.98. The zero-order chi connectivity index (χ0) is 14.6. The molecule has 0 aliphatic heterocycles. The van der Waals surface area contributed by atoms with Gasteiger partial charge in [0.05, 0.1) is 5.60 Å². The highest BCUT2D eigenvalue weighted by atomic mass is 79.9. The molecule has 0 saturated heterocycles. The van der Waals surface area contributed by atoms with Crippen molar-refractivity contribution in [2.45, 2.75) is 18.9 Å². The highest BCUT2D eigenvalue weighted by Gasteiger charge is 2.21. The van der Waals surface area contributed by atoms with Crippen LogP contribution >= 0.6 is 27.5 Å². The number of halogens is 2. The van der Waals surface area contributed by atoms with Crippen LogP contribution in [-0.4, -0.2) is 11.0 Å². The predicted octanol–water partition coefficient (Wildman–Crippen LogP) is 5.08. The maximum atomic E-state index is 10.3. The van der Waals surface area contributed by atoms with Crippen LogP contribution in [0.4, 0.5) is 0 Å². The Labute approximate surface area is 132 Å². The maximum Gasteiger partial charge on any atom is 0.127 e. The Morgan fingerprint density at radius 1 is 1.05 bits per heavy atom. The van der Waals surface area contributed by atoms with E-state index in [2.05, 4.69) is 15.9 Å². The Morgan fingerprint density at radius 3 is 2.05 bits per heavy atom. The van der Waals surface area contributed by atoms with Crippen LogP contribution in [0.2, 0.25) is 0 Å². The van der Waals surface area contributed by atoms with Gasteiger partial charge in [-0.05, 0) is 55.3 Å². The van der Waals surface area contributed by atoms with Gasteiger partial charge in [-0.2, -0.15) is 0 Å². The first-order valence-corrected chi connectivity index (χ1v) is 7.66. The maximum absolute atomic E-state index is 10.3. The second-order valence-corrected chi connectivity index (χ2v) is 6.09. The molecule has 2 rings (SSSR count). The van der Waals surface area contributed by atoms with Crippen LogP contribution in [0, 0.1) is 0 Å². The highest BCUT2D eigenvalue weighted by molar-refractivity contribution is 9.10. The summed E-state index contributed by atoms with van der Waals surface area (Å²) < 4.78 is 6.74. The van der Waals surface area contributed by atoms with Crippen LogP contribution in [0.1, 0.15) is 18.9 Å². The summed E-state index contributed by atoms with van der Waals surface area (Å²) in [4.78, 5) is 0. The van der Waals surface area contributed by atoms with Gasteiger partial charge in [-0.15, -0.1) is 11.6 Å². The Balaban J connectivity index is 2.10. The number of rotatable bonds is 5. The summed E-state index contributed by atoms with van der Waals surface area (Å²) in [6.45, 7) is 1.76. The van der Waals surface area contributed by atoms with E-state index in [1.54, 1.807) is 6.92 Å². The molecule has 2 aromatic carbocycles. The van der Waals surface area contributed by atoms with Crippen molar-refractivity contribution in [3.05, 3.63) is 58.6 Å². The molecule has 106 valence electrons. The molecule has 0 radical (unpaired) electrons. The minimum absolute atomic E-state index is 0.421. The number of alkyl halides is 1. The molecular formula is C16H16BrClO2. The molecule has 4 heteroatoms. The third-order valence-corrected chi connectivity index (χ3v) is 3.82. The van der Waals surface area contributed by atoms with E-state index in [0.717, 1.165) is 21.5 Å². The monoisotopic (exact) mass is 354 g/mol. The lowest BCUT2D eigenvalue weighted by atomic mass is 9.93. The molecule has 0 amide bonds. The Bertz CT molecular complexity index is 550. The van der Waals surface area contributed by atoms with Gasteiger partial charge in [-0.1, -0.05) is 28.1 Å². The number of hydrogen-bond donors (Lipinski definition) is 1. The first-order valence-electron chi connectivity index (χ1n) is 6.33. The molecule has 0 bridgehead atoms. The van der Waals surface area contributed by atoms with Crippen LogP contribution in [0.15, 0.2) is 53.0 Å². The first kappa shape index (κ1) is 15.4. The van der Waals surface area contributed by atoms with Crippen LogP contribution in [0.5, 0.6) is 11.5 Å². The smallest absolute Gasteiger partial charge is 0.127 e. The van der Waals surface area contributed by atoms with E-state index in [0.29, 0.717) is 12.3 Å². The SMILES string of the molecule is CC(O)(CCCl)c1ccc(Oc2ccc(Br)cc2)cc1. The standard InChI is InChI=1S/C16H16BrClO2/c1-16(19,10-11-18)12-2-6-14(7-3-12)20-15-8-4-13(17)5-9-15/h2-9,19H,10-11H2,1H3. The summed E-state index contributed by atoms with van der Waals surface area (Å²) >= 11 is 9.08. The van der Waals surface area contributed by atoms with E-state index >= 15 is 0 Å². The molecule has 0 saturated carbocycles. The van der Waals surface area contributed by atoms with Crippen LogP contribution in [0.3, 0.4) is 0 Å². The van der Waals surface area contributed by atoms with Crippen molar-refractivity contribution in [1.82, 2.24) is 0 Å². The topological polar surface area (TPSA) is 29.5 Å². The summed E-state index contributed by atoms with van der Waals surface area (Å²) in [6.07, 6.45) is 0.515. The average molecular weight is 356 g/mol. The molecule has 0 aromatic heterocycles. The highest BCUT2D eigenvalue weighted by Crippen LogP contribution is 2.28. The molecule has 0 aliphatic carbocycles. The Kier molecular flexibility index (Phi) is 5.08. The summed E-state index contributed by atoms with van der Waals surface area (Å²) in [5, 5.41) is 10.3. The van der Waals surface area contributed by atoms with Crippen LogP contribution < -0.4 is 4.74 Å². The lowest BCUT2D eigenvalue weighted by molar-refractivity contribution is 0.0540. The fourth-order valence-electron chi connectivity index (χ4n) is 1.85. The van der Waals surface area contributed by atoms with Crippen molar-refractivity contribution in [1.29, 1.82) is 0 Å². The number of benzene rings is 2. The van der Waals surface area contributed by atoms with Gasteiger partial charge in [-0.25, -0.2) is 0 Å². The van der Waals surface area contributed by atoms with E-state index in [4.69, 9.17) is 16.3 Å². The average Bonchev–Trinajstić information content (AvgIpc) is 2.42. The minimum Gasteiger partial charge on any atom is -0.457 e. The molecule has 2 nitrogen and oxygen atoms in total. The summed E-state index contributed by atoms with van der Waals surface area (Å²) in [5.74, 6) is 1.93.